The fraction of sp³-hybridized carbons (Fsp3) is 0.188. The molecule has 0 saturated carbocycles. The molecule has 2 aromatic rings. The van der Waals surface area contributed by atoms with Crippen molar-refractivity contribution in [1.29, 1.82) is 0 Å². The van der Waals surface area contributed by atoms with Gasteiger partial charge < -0.3 is 9.47 Å². The van der Waals surface area contributed by atoms with E-state index in [0.717, 1.165) is 13.2 Å². The lowest BCUT2D eigenvalue weighted by atomic mass is 10.1. The van der Waals surface area contributed by atoms with Crippen molar-refractivity contribution in [2.45, 2.75) is 13.5 Å². The minimum absolute atomic E-state index is 0.134. The number of benzene rings is 1. The molecule has 0 spiro atoms. The Morgan fingerprint density at radius 3 is 2.60 bits per heavy atom. The Labute approximate surface area is 146 Å². The fourth-order valence-corrected chi connectivity index (χ4v) is 2.29. The Kier molecular flexibility index (Phi) is 5.63. The standard InChI is InChI=1S/C16H12ClF3N2O3/c1-4-8-7(2)21-14(22-12(8)15(23)24-3)9-5-6-10(17)13(11(9)18)25-16(19)20/h4-6,16H,1H2,2-3H3. The molecule has 0 aliphatic carbocycles. The second-order valence-electron chi connectivity index (χ2n) is 4.71. The normalized spacial score (nSPS) is 10.7. The number of halogens is 4. The Bertz CT molecular complexity index is 844. The summed E-state index contributed by atoms with van der Waals surface area (Å²) >= 11 is 5.69. The van der Waals surface area contributed by atoms with E-state index in [1.807, 2.05) is 0 Å². The van der Waals surface area contributed by atoms with E-state index in [4.69, 9.17) is 11.6 Å². The van der Waals surface area contributed by atoms with Crippen molar-refractivity contribution in [3.05, 3.63) is 46.5 Å². The molecule has 0 aliphatic heterocycles. The third kappa shape index (κ3) is 3.74. The van der Waals surface area contributed by atoms with E-state index in [0.29, 0.717) is 11.3 Å². The van der Waals surface area contributed by atoms with Crippen molar-refractivity contribution >= 4 is 23.6 Å². The van der Waals surface area contributed by atoms with Crippen LogP contribution in [-0.4, -0.2) is 29.7 Å². The minimum atomic E-state index is -3.27. The van der Waals surface area contributed by atoms with Gasteiger partial charge in [0.05, 0.1) is 17.7 Å². The summed E-state index contributed by atoms with van der Waals surface area (Å²) < 4.78 is 48.2. The third-order valence-electron chi connectivity index (χ3n) is 3.22. The molecule has 0 radical (unpaired) electrons. The van der Waals surface area contributed by atoms with Crippen molar-refractivity contribution in [3.8, 4) is 17.1 Å². The molecule has 2 rings (SSSR count). The maximum Gasteiger partial charge on any atom is 0.387 e. The van der Waals surface area contributed by atoms with E-state index < -0.39 is 24.1 Å². The molecule has 0 atom stereocenters. The number of ether oxygens (including phenoxy) is 2. The molecule has 0 fully saturated rings. The number of carbonyl (C=O) groups excluding carboxylic acids is 1. The molecule has 25 heavy (non-hydrogen) atoms. The molecule has 0 unspecified atom stereocenters. The van der Waals surface area contributed by atoms with Crippen LogP contribution < -0.4 is 4.74 Å². The van der Waals surface area contributed by atoms with Gasteiger partial charge >= 0.3 is 12.6 Å². The van der Waals surface area contributed by atoms with Crippen LogP contribution in [0.4, 0.5) is 13.2 Å². The van der Waals surface area contributed by atoms with Crippen LogP contribution in [0.25, 0.3) is 17.5 Å². The number of nitrogens with zero attached hydrogens (tertiary/aromatic N) is 2. The highest BCUT2D eigenvalue weighted by Crippen LogP contribution is 2.35. The largest absolute Gasteiger partial charge is 0.464 e. The van der Waals surface area contributed by atoms with Gasteiger partial charge in [0.25, 0.3) is 0 Å². The first-order valence-electron chi connectivity index (χ1n) is 6.82. The minimum Gasteiger partial charge on any atom is -0.464 e. The van der Waals surface area contributed by atoms with Gasteiger partial charge in [-0.05, 0) is 19.1 Å². The lowest BCUT2D eigenvalue weighted by Gasteiger charge is -2.13. The molecule has 0 aliphatic rings. The van der Waals surface area contributed by atoms with Crippen LogP contribution in [0, 0.1) is 12.7 Å². The van der Waals surface area contributed by atoms with E-state index >= 15 is 0 Å². The van der Waals surface area contributed by atoms with Crippen molar-refractivity contribution in [2.75, 3.05) is 7.11 Å². The van der Waals surface area contributed by atoms with Gasteiger partial charge in [0.15, 0.2) is 23.1 Å². The smallest absolute Gasteiger partial charge is 0.387 e. The zero-order valence-corrected chi connectivity index (χ0v) is 13.9. The number of esters is 1. The number of hydrogen-bond donors (Lipinski definition) is 0. The first kappa shape index (κ1) is 18.7. The molecular formula is C16H12ClF3N2O3. The van der Waals surface area contributed by atoms with Crippen LogP contribution in [0.15, 0.2) is 18.7 Å². The molecule has 1 aromatic carbocycles. The summed E-state index contributed by atoms with van der Waals surface area (Å²) in [6.45, 7) is 1.85. The van der Waals surface area contributed by atoms with Crippen molar-refractivity contribution in [1.82, 2.24) is 9.97 Å². The van der Waals surface area contributed by atoms with Gasteiger partial charge in [-0.3, -0.25) is 0 Å². The highest BCUT2D eigenvalue weighted by Gasteiger charge is 2.23. The second-order valence-corrected chi connectivity index (χ2v) is 5.11. The molecule has 1 aromatic heterocycles. The van der Waals surface area contributed by atoms with Gasteiger partial charge in [-0.1, -0.05) is 24.3 Å². The summed E-state index contributed by atoms with van der Waals surface area (Å²) in [6, 6.07) is 2.36. The summed E-state index contributed by atoms with van der Waals surface area (Å²) in [5.74, 6) is -2.99. The number of aryl methyl sites for hydroxylation is 1. The lowest BCUT2D eigenvalue weighted by molar-refractivity contribution is -0.0520. The number of methoxy groups -OCH3 is 1. The summed E-state index contributed by atoms with van der Waals surface area (Å²) in [5, 5.41) is -0.339. The maximum atomic E-state index is 14.5. The third-order valence-corrected chi connectivity index (χ3v) is 3.51. The van der Waals surface area contributed by atoms with Crippen LogP contribution in [0.2, 0.25) is 5.02 Å². The zero-order chi connectivity index (χ0) is 18.7. The summed E-state index contributed by atoms with van der Waals surface area (Å²) in [4.78, 5) is 19.9. The average molecular weight is 373 g/mol. The zero-order valence-electron chi connectivity index (χ0n) is 13.1. The van der Waals surface area contributed by atoms with Crippen molar-refractivity contribution in [3.63, 3.8) is 0 Å². The number of hydrogen-bond acceptors (Lipinski definition) is 5. The molecule has 1 heterocycles. The summed E-state index contributed by atoms with van der Waals surface area (Å²) in [5.41, 5.74) is 0.245. The van der Waals surface area contributed by atoms with E-state index in [1.165, 1.54) is 12.1 Å². The Morgan fingerprint density at radius 1 is 1.36 bits per heavy atom. The van der Waals surface area contributed by atoms with Gasteiger partial charge in [0, 0.05) is 11.3 Å². The van der Waals surface area contributed by atoms with Gasteiger partial charge in [0.1, 0.15) is 0 Å². The highest BCUT2D eigenvalue weighted by molar-refractivity contribution is 6.32. The molecule has 132 valence electrons. The highest BCUT2D eigenvalue weighted by atomic mass is 35.5. The number of alkyl halides is 2. The molecule has 0 amide bonds. The molecule has 5 nitrogen and oxygen atoms in total. The Hall–Kier alpha value is -2.61. The van der Waals surface area contributed by atoms with Gasteiger partial charge in [-0.15, -0.1) is 0 Å². The molecule has 9 heteroatoms. The first-order chi connectivity index (χ1) is 11.8. The van der Waals surface area contributed by atoms with Crippen molar-refractivity contribution in [2.24, 2.45) is 0 Å². The Morgan fingerprint density at radius 2 is 2.04 bits per heavy atom. The van der Waals surface area contributed by atoms with Gasteiger partial charge in [-0.25, -0.2) is 19.2 Å². The molecule has 0 bridgehead atoms. The summed E-state index contributed by atoms with van der Waals surface area (Å²) in [6.07, 6.45) is 1.36. The predicted octanol–water partition coefficient (Wildman–Crippen LogP) is 4.28. The molecule has 0 N–H and O–H groups in total. The van der Waals surface area contributed by atoms with Gasteiger partial charge in [-0.2, -0.15) is 8.78 Å². The molecule has 0 saturated heterocycles. The first-order valence-corrected chi connectivity index (χ1v) is 7.20. The van der Waals surface area contributed by atoms with Crippen LogP contribution >= 0.6 is 11.6 Å². The van der Waals surface area contributed by atoms with E-state index in [1.54, 1.807) is 6.92 Å². The lowest BCUT2D eigenvalue weighted by Crippen LogP contribution is -2.11. The fourth-order valence-electron chi connectivity index (χ4n) is 2.10. The quantitative estimate of drug-likeness (QED) is 0.733. The van der Waals surface area contributed by atoms with Gasteiger partial charge in [0.2, 0.25) is 0 Å². The number of rotatable bonds is 5. The van der Waals surface area contributed by atoms with Crippen LogP contribution in [0.3, 0.4) is 0 Å². The van der Waals surface area contributed by atoms with Crippen LogP contribution in [-0.2, 0) is 4.74 Å². The summed E-state index contributed by atoms with van der Waals surface area (Å²) in [7, 11) is 1.16. The average Bonchev–Trinajstić information content (AvgIpc) is 2.57. The second kappa shape index (κ2) is 7.52. The van der Waals surface area contributed by atoms with E-state index in [2.05, 4.69) is 26.0 Å². The monoisotopic (exact) mass is 372 g/mol. The topological polar surface area (TPSA) is 61.3 Å². The number of carbonyl (C=O) groups is 1. The maximum absolute atomic E-state index is 14.5. The van der Waals surface area contributed by atoms with Crippen molar-refractivity contribution < 1.29 is 27.4 Å². The predicted molar refractivity (Wildman–Crippen MR) is 85.2 cm³/mol. The van der Waals surface area contributed by atoms with E-state index in [9.17, 15) is 18.0 Å². The van der Waals surface area contributed by atoms with E-state index in [-0.39, 0.29) is 22.1 Å². The molecular weight excluding hydrogens is 361 g/mol. The SMILES string of the molecule is C=Cc1c(C)nc(-c2ccc(Cl)c(OC(F)F)c2F)nc1C(=O)OC. The number of aromatic nitrogens is 2. The van der Waals surface area contributed by atoms with Crippen LogP contribution in [0.1, 0.15) is 21.7 Å². The Balaban J connectivity index is 2.69. The van der Waals surface area contributed by atoms with Crippen LogP contribution in [0.5, 0.6) is 5.75 Å².